The average molecular weight is 741 g/mol. The molecule has 2 aliphatic heterocycles. The Morgan fingerprint density at radius 3 is 2.39 bits per heavy atom. The quantitative estimate of drug-likeness (QED) is 0.0842. The molecule has 0 spiro atoms. The molecule has 5 N–H and O–H groups in total. The highest BCUT2D eigenvalue weighted by molar-refractivity contribution is 5.70. The van der Waals surface area contributed by atoms with E-state index in [0.29, 0.717) is 72.8 Å². The van der Waals surface area contributed by atoms with Crippen LogP contribution in [0.2, 0.25) is 0 Å². The van der Waals surface area contributed by atoms with Crippen LogP contribution in [-0.4, -0.2) is 71.8 Å². The lowest BCUT2D eigenvalue weighted by Gasteiger charge is -2.45. The first-order valence-corrected chi connectivity index (χ1v) is 19.2. The van der Waals surface area contributed by atoms with Gasteiger partial charge in [-0.3, -0.25) is 0 Å². The van der Waals surface area contributed by atoms with Crippen LogP contribution in [0.15, 0.2) is 66.7 Å². The maximum Gasteiger partial charge on any atom is 0.128 e. The van der Waals surface area contributed by atoms with E-state index >= 15 is 0 Å². The molecule has 10 heteroatoms. The maximum atomic E-state index is 12.4. The van der Waals surface area contributed by atoms with Crippen LogP contribution in [-0.2, 0) is 17.6 Å². The van der Waals surface area contributed by atoms with E-state index in [0.717, 1.165) is 53.5 Å². The molecule has 1 saturated carbocycles. The molecule has 5 atom stereocenters. The minimum atomic E-state index is -1.02. The van der Waals surface area contributed by atoms with Crippen molar-refractivity contribution in [3.63, 3.8) is 0 Å². The Bertz CT molecular complexity index is 1900. The minimum Gasteiger partial charge on any atom is -0.508 e. The fourth-order valence-corrected chi connectivity index (χ4v) is 8.63. The summed E-state index contributed by atoms with van der Waals surface area (Å²) < 4.78 is 31.0. The van der Waals surface area contributed by atoms with Gasteiger partial charge in [-0.15, -0.1) is 0 Å². The Morgan fingerprint density at radius 2 is 1.63 bits per heavy atom. The minimum absolute atomic E-state index is 0.0498. The van der Waals surface area contributed by atoms with Gasteiger partial charge < -0.3 is 49.2 Å². The zero-order valence-electron chi connectivity index (χ0n) is 31.1. The van der Waals surface area contributed by atoms with Crippen molar-refractivity contribution in [1.82, 2.24) is 0 Å². The molecule has 1 fully saturated rings. The Labute approximate surface area is 316 Å². The van der Waals surface area contributed by atoms with Crippen molar-refractivity contribution in [2.45, 2.75) is 82.2 Å². The molecule has 5 unspecified atom stereocenters. The third-order valence-electron chi connectivity index (χ3n) is 11.3. The van der Waals surface area contributed by atoms with Gasteiger partial charge in [-0.1, -0.05) is 18.2 Å². The molecule has 288 valence electrons. The van der Waals surface area contributed by atoms with Crippen molar-refractivity contribution in [3.05, 3.63) is 94.5 Å². The van der Waals surface area contributed by atoms with Crippen LogP contribution in [0, 0.1) is 11.8 Å². The number of aryl methyl sites for hydroxylation is 1. The van der Waals surface area contributed by atoms with Crippen LogP contribution >= 0.6 is 0 Å². The van der Waals surface area contributed by atoms with Gasteiger partial charge in [-0.05, 0) is 122 Å². The number of methoxy groups -OCH3 is 2. The highest BCUT2D eigenvalue weighted by Crippen LogP contribution is 2.52. The molecule has 1 aliphatic carbocycles. The number of phenols is 2. The van der Waals surface area contributed by atoms with Crippen LogP contribution in [0.1, 0.15) is 85.0 Å². The topological polar surface area (TPSA) is 147 Å². The molecule has 0 bridgehead atoms. The van der Waals surface area contributed by atoms with E-state index in [1.54, 1.807) is 44.6 Å². The summed E-state index contributed by atoms with van der Waals surface area (Å²) in [7, 11) is 3.25. The van der Waals surface area contributed by atoms with E-state index in [4.69, 9.17) is 23.7 Å². The largest absolute Gasteiger partial charge is 0.508 e. The molecule has 0 aromatic heterocycles. The van der Waals surface area contributed by atoms with Crippen LogP contribution < -0.4 is 18.9 Å². The van der Waals surface area contributed by atoms with Crippen molar-refractivity contribution in [3.8, 4) is 45.6 Å². The Morgan fingerprint density at radius 1 is 0.815 bits per heavy atom. The third kappa shape index (κ3) is 7.98. The van der Waals surface area contributed by atoms with Crippen LogP contribution in [0.5, 0.6) is 34.5 Å². The Balaban J connectivity index is 1.27. The number of aliphatic hydroxyl groups excluding tert-OH is 3. The number of ether oxygens (including phenoxy) is 5. The van der Waals surface area contributed by atoms with Gasteiger partial charge in [0.25, 0.3) is 0 Å². The standard InChI is InChI=1S/C44H52O10/c1-50-17-7-13-38-41(43(49)35-24-39(51-2)27(9-6-16-45)22-40(35)54-38)37-25-52-44-29(21-33(23-36(44)42(37)48)53-32-11-3-4-12-32)18-28-20-31(47)14-15-34(28)26-8-5-10-30(46)19-26/h5,8,10,14-15,19-24,32,37-38,41-43,45-49H,3-4,6-7,9,11-13,16-18,25H2,1-2H3. The molecule has 4 aromatic carbocycles. The second kappa shape index (κ2) is 16.9. The average Bonchev–Trinajstić information content (AvgIpc) is 3.68. The molecule has 0 saturated heterocycles. The van der Waals surface area contributed by atoms with Gasteiger partial charge in [0.15, 0.2) is 0 Å². The first-order chi connectivity index (χ1) is 26.3. The monoisotopic (exact) mass is 740 g/mol. The lowest BCUT2D eigenvalue weighted by Crippen LogP contribution is -2.46. The van der Waals surface area contributed by atoms with E-state index in [1.807, 2.05) is 36.4 Å². The zero-order chi connectivity index (χ0) is 37.8. The van der Waals surface area contributed by atoms with E-state index in [2.05, 4.69) is 0 Å². The number of hydrogen-bond acceptors (Lipinski definition) is 10. The lowest BCUT2D eigenvalue weighted by molar-refractivity contribution is -0.0890. The SMILES string of the molecule is COCCCC1Oc2cc(CCCO)c(OC)cc2C(O)C1C1COc2c(Cc3cc(O)ccc3-c3cccc(O)c3)cc(OC3CCCC3)cc2C1O. The second-order valence-electron chi connectivity index (χ2n) is 14.9. The molecule has 10 nitrogen and oxygen atoms in total. The van der Waals surface area contributed by atoms with Gasteiger partial charge in [0.1, 0.15) is 40.6 Å². The highest BCUT2D eigenvalue weighted by atomic mass is 16.5. The van der Waals surface area contributed by atoms with E-state index in [-0.39, 0.29) is 30.8 Å². The molecule has 4 aromatic rings. The van der Waals surface area contributed by atoms with Gasteiger partial charge in [0.2, 0.25) is 0 Å². The molecular weight excluding hydrogens is 688 g/mol. The molecule has 7 rings (SSSR count). The molecule has 54 heavy (non-hydrogen) atoms. The Kier molecular flexibility index (Phi) is 11.8. The van der Waals surface area contributed by atoms with Crippen LogP contribution in [0.3, 0.4) is 0 Å². The molecule has 0 radical (unpaired) electrons. The van der Waals surface area contributed by atoms with Crippen LogP contribution in [0.4, 0.5) is 0 Å². The fraction of sp³-hybridized carbons (Fsp3) is 0.455. The van der Waals surface area contributed by atoms with Gasteiger partial charge >= 0.3 is 0 Å². The van der Waals surface area contributed by atoms with Crippen molar-refractivity contribution in [1.29, 1.82) is 0 Å². The van der Waals surface area contributed by atoms with Crippen molar-refractivity contribution < 1.29 is 49.2 Å². The van der Waals surface area contributed by atoms with Crippen molar-refractivity contribution in [2.75, 3.05) is 34.0 Å². The highest BCUT2D eigenvalue weighted by Gasteiger charge is 2.48. The summed E-state index contributed by atoms with van der Waals surface area (Å²) in [6.07, 6.45) is 4.57. The van der Waals surface area contributed by atoms with Gasteiger partial charge in [-0.2, -0.15) is 0 Å². The fourth-order valence-electron chi connectivity index (χ4n) is 8.63. The van der Waals surface area contributed by atoms with Crippen molar-refractivity contribution in [2.24, 2.45) is 11.8 Å². The lowest BCUT2D eigenvalue weighted by atomic mass is 9.72. The van der Waals surface area contributed by atoms with Crippen molar-refractivity contribution >= 4 is 0 Å². The summed E-state index contributed by atoms with van der Waals surface area (Å²) in [5, 5.41) is 54.9. The van der Waals surface area contributed by atoms with Crippen LogP contribution in [0.25, 0.3) is 11.1 Å². The summed E-state index contributed by atoms with van der Waals surface area (Å²) in [6.45, 7) is 0.710. The van der Waals surface area contributed by atoms with Gasteiger partial charge in [0.05, 0.1) is 32.0 Å². The third-order valence-corrected chi connectivity index (χ3v) is 11.3. The number of phenolic OH excluding ortho intramolecular Hbond substituents is 2. The normalized spacial score (nSPS) is 22.2. The summed E-state index contributed by atoms with van der Waals surface area (Å²) in [5.74, 6) is 1.58. The number of aromatic hydroxyl groups is 2. The molecule has 3 aliphatic rings. The number of rotatable bonds is 14. The summed E-state index contributed by atoms with van der Waals surface area (Å²) >= 11 is 0. The summed E-state index contributed by atoms with van der Waals surface area (Å²) in [4.78, 5) is 0. The number of benzene rings is 4. The predicted molar refractivity (Wildman–Crippen MR) is 204 cm³/mol. The van der Waals surface area contributed by atoms with E-state index in [1.165, 1.54) is 0 Å². The molecule has 0 amide bonds. The van der Waals surface area contributed by atoms with E-state index in [9.17, 15) is 25.5 Å². The molecule has 2 heterocycles. The first kappa shape index (κ1) is 37.8. The zero-order valence-corrected chi connectivity index (χ0v) is 31.1. The van der Waals surface area contributed by atoms with Gasteiger partial charge in [0, 0.05) is 55.3 Å². The smallest absolute Gasteiger partial charge is 0.128 e. The summed E-state index contributed by atoms with van der Waals surface area (Å²) in [6, 6.07) is 19.8. The predicted octanol–water partition coefficient (Wildman–Crippen LogP) is 7.19. The first-order valence-electron chi connectivity index (χ1n) is 19.2. The number of hydrogen-bond donors (Lipinski definition) is 5. The molecular formula is C44H52O10. The Hall–Kier alpha value is -4.48. The number of aliphatic hydroxyl groups is 3. The van der Waals surface area contributed by atoms with E-state index < -0.39 is 30.1 Å². The maximum absolute atomic E-state index is 12.4. The second-order valence-corrected chi connectivity index (χ2v) is 14.9. The van der Waals surface area contributed by atoms with Gasteiger partial charge in [-0.25, -0.2) is 0 Å². The number of fused-ring (bicyclic) bond motifs is 2. The summed E-state index contributed by atoms with van der Waals surface area (Å²) in [5.41, 5.74) is 5.34.